The van der Waals surface area contributed by atoms with Crippen molar-refractivity contribution < 1.29 is 14.3 Å². The van der Waals surface area contributed by atoms with Gasteiger partial charge in [0.1, 0.15) is 6.04 Å². The van der Waals surface area contributed by atoms with Crippen molar-refractivity contribution in [1.82, 2.24) is 5.32 Å². The Labute approximate surface area is 98.9 Å². The standard InChI is InChI=1S/C12H14N2O3/c13-9-4-2-1-3-8(9)7-11(15)14-10-5-6-17-12(10)16/h1-4,10H,5-7,13H2,(H,14,15). The number of hydrogen-bond donors (Lipinski definition) is 2. The first-order valence-corrected chi connectivity index (χ1v) is 5.46. The van der Waals surface area contributed by atoms with Crippen molar-refractivity contribution in [3.8, 4) is 0 Å². The number of carbonyl (C=O) groups is 2. The Kier molecular flexibility index (Phi) is 3.27. The summed E-state index contributed by atoms with van der Waals surface area (Å²) in [6.45, 7) is 0.372. The third kappa shape index (κ3) is 2.75. The van der Waals surface area contributed by atoms with Crippen molar-refractivity contribution in [1.29, 1.82) is 0 Å². The van der Waals surface area contributed by atoms with E-state index in [1.165, 1.54) is 0 Å². The molecule has 1 saturated heterocycles. The summed E-state index contributed by atoms with van der Waals surface area (Å²) in [4.78, 5) is 22.9. The first-order valence-electron chi connectivity index (χ1n) is 5.46. The van der Waals surface area contributed by atoms with Crippen LogP contribution in [0.1, 0.15) is 12.0 Å². The number of nitrogens with two attached hydrogens (primary N) is 1. The van der Waals surface area contributed by atoms with Gasteiger partial charge in [-0.05, 0) is 11.6 Å². The summed E-state index contributed by atoms with van der Waals surface area (Å²) in [5.74, 6) is -0.578. The average Bonchev–Trinajstić information content (AvgIpc) is 2.68. The number of rotatable bonds is 3. The van der Waals surface area contributed by atoms with Gasteiger partial charge in [0.15, 0.2) is 0 Å². The second kappa shape index (κ2) is 4.86. The number of benzene rings is 1. The fourth-order valence-electron chi connectivity index (χ4n) is 1.74. The number of amides is 1. The van der Waals surface area contributed by atoms with Crippen molar-refractivity contribution in [3.05, 3.63) is 29.8 Å². The van der Waals surface area contributed by atoms with Crippen LogP contribution in [0.5, 0.6) is 0 Å². The predicted molar refractivity (Wildman–Crippen MR) is 62.1 cm³/mol. The maximum atomic E-state index is 11.7. The molecule has 5 nitrogen and oxygen atoms in total. The number of anilines is 1. The normalized spacial score (nSPS) is 18.8. The zero-order valence-electron chi connectivity index (χ0n) is 9.31. The molecular formula is C12H14N2O3. The molecule has 17 heavy (non-hydrogen) atoms. The van der Waals surface area contributed by atoms with Crippen molar-refractivity contribution in [2.24, 2.45) is 0 Å². The topological polar surface area (TPSA) is 81.4 Å². The third-order valence-electron chi connectivity index (χ3n) is 2.68. The molecule has 1 unspecified atom stereocenters. The Morgan fingerprint density at radius 1 is 1.47 bits per heavy atom. The third-order valence-corrected chi connectivity index (χ3v) is 2.68. The van der Waals surface area contributed by atoms with Gasteiger partial charge in [0, 0.05) is 12.1 Å². The lowest BCUT2D eigenvalue weighted by atomic mass is 10.1. The number of esters is 1. The van der Waals surface area contributed by atoms with E-state index in [9.17, 15) is 9.59 Å². The molecule has 1 aromatic rings. The van der Waals surface area contributed by atoms with E-state index < -0.39 is 6.04 Å². The van der Waals surface area contributed by atoms with Crippen molar-refractivity contribution >= 4 is 17.6 Å². The van der Waals surface area contributed by atoms with Crippen LogP contribution in [0.3, 0.4) is 0 Å². The van der Waals surface area contributed by atoms with E-state index in [1.807, 2.05) is 12.1 Å². The van der Waals surface area contributed by atoms with Gasteiger partial charge < -0.3 is 15.8 Å². The Balaban J connectivity index is 1.93. The summed E-state index contributed by atoms with van der Waals surface area (Å²) in [7, 11) is 0. The minimum Gasteiger partial charge on any atom is -0.464 e. The molecule has 0 radical (unpaired) electrons. The van der Waals surface area contributed by atoms with E-state index >= 15 is 0 Å². The van der Waals surface area contributed by atoms with Gasteiger partial charge in [-0.2, -0.15) is 0 Å². The maximum Gasteiger partial charge on any atom is 0.328 e. The molecule has 90 valence electrons. The largest absolute Gasteiger partial charge is 0.464 e. The van der Waals surface area contributed by atoms with Crippen LogP contribution in [-0.4, -0.2) is 24.5 Å². The highest BCUT2D eigenvalue weighted by Gasteiger charge is 2.27. The molecule has 1 amide bonds. The molecule has 3 N–H and O–H groups in total. The Morgan fingerprint density at radius 3 is 2.88 bits per heavy atom. The van der Waals surface area contributed by atoms with Crippen LogP contribution >= 0.6 is 0 Å². The smallest absolute Gasteiger partial charge is 0.328 e. The van der Waals surface area contributed by atoms with Gasteiger partial charge >= 0.3 is 5.97 Å². The molecular weight excluding hydrogens is 220 g/mol. The molecule has 1 heterocycles. The molecule has 1 fully saturated rings. The fourth-order valence-corrected chi connectivity index (χ4v) is 1.74. The van der Waals surface area contributed by atoms with Crippen LogP contribution in [0.25, 0.3) is 0 Å². The minimum absolute atomic E-state index is 0.177. The van der Waals surface area contributed by atoms with Crippen LogP contribution in [0, 0.1) is 0 Å². The number of para-hydroxylation sites is 1. The predicted octanol–water partition coefficient (Wildman–Crippen LogP) is 0.243. The molecule has 0 spiro atoms. The Morgan fingerprint density at radius 2 is 2.24 bits per heavy atom. The zero-order valence-corrected chi connectivity index (χ0v) is 9.31. The lowest BCUT2D eigenvalue weighted by Crippen LogP contribution is -2.38. The Bertz CT molecular complexity index is 445. The fraction of sp³-hybridized carbons (Fsp3) is 0.333. The Hall–Kier alpha value is -2.04. The number of nitrogen functional groups attached to an aromatic ring is 1. The highest BCUT2D eigenvalue weighted by atomic mass is 16.5. The van der Waals surface area contributed by atoms with Crippen molar-refractivity contribution in [2.75, 3.05) is 12.3 Å². The average molecular weight is 234 g/mol. The summed E-state index contributed by atoms with van der Waals surface area (Å²) < 4.78 is 4.76. The van der Waals surface area contributed by atoms with Crippen LogP contribution in [0.4, 0.5) is 5.69 Å². The monoisotopic (exact) mass is 234 g/mol. The van der Waals surface area contributed by atoms with Gasteiger partial charge in [0.05, 0.1) is 13.0 Å². The summed E-state index contributed by atoms with van der Waals surface area (Å²) in [6, 6.07) is 6.66. The quantitative estimate of drug-likeness (QED) is 0.580. The number of cyclic esters (lactones) is 1. The van der Waals surface area contributed by atoms with Gasteiger partial charge in [-0.3, -0.25) is 4.79 Å². The molecule has 5 heteroatoms. The molecule has 1 aliphatic rings. The molecule has 0 saturated carbocycles. The lowest BCUT2D eigenvalue weighted by molar-refractivity contribution is -0.141. The van der Waals surface area contributed by atoms with Crippen LogP contribution < -0.4 is 11.1 Å². The highest BCUT2D eigenvalue weighted by Crippen LogP contribution is 2.12. The molecule has 1 aromatic carbocycles. The van der Waals surface area contributed by atoms with Crippen LogP contribution in [0.2, 0.25) is 0 Å². The molecule has 0 aromatic heterocycles. The van der Waals surface area contributed by atoms with Gasteiger partial charge in [0.2, 0.25) is 5.91 Å². The zero-order chi connectivity index (χ0) is 12.3. The minimum atomic E-state index is -0.507. The SMILES string of the molecule is Nc1ccccc1CC(=O)NC1CCOC1=O. The molecule has 1 atom stereocenters. The first-order chi connectivity index (χ1) is 8.16. The first kappa shape index (κ1) is 11.4. The number of hydrogen-bond acceptors (Lipinski definition) is 4. The lowest BCUT2D eigenvalue weighted by Gasteiger charge is -2.09. The van der Waals surface area contributed by atoms with Crippen molar-refractivity contribution in [2.45, 2.75) is 18.9 Å². The van der Waals surface area contributed by atoms with Crippen LogP contribution in [-0.2, 0) is 20.7 Å². The second-order valence-electron chi connectivity index (χ2n) is 3.95. The van der Waals surface area contributed by atoms with E-state index in [4.69, 9.17) is 10.5 Å². The summed E-state index contributed by atoms with van der Waals surface area (Å²) in [5, 5.41) is 2.64. The maximum absolute atomic E-state index is 11.7. The number of nitrogens with one attached hydrogen (secondary N) is 1. The van der Waals surface area contributed by atoms with E-state index in [2.05, 4.69) is 5.32 Å². The van der Waals surface area contributed by atoms with Crippen LogP contribution in [0.15, 0.2) is 24.3 Å². The summed E-state index contributed by atoms with van der Waals surface area (Å²) >= 11 is 0. The van der Waals surface area contributed by atoms with E-state index in [0.29, 0.717) is 18.7 Å². The number of ether oxygens (including phenoxy) is 1. The number of carbonyl (C=O) groups excluding carboxylic acids is 2. The van der Waals surface area contributed by atoms with E-state index in [0.717, 1.165) is 5.56 Å². The summed E-state index contributed by atoms with van der Waals surface area (Å²) in [6.07, 6.45) is 0.714. The molecule has 0 aliphatic carbocycles. The van der Waals surface area contributed by atoms with Gasteiger partial charge in [-0.15, -0.1) is 0 Å². The van der Waals surface area contributed by atoms with E-state index in [-0.39, 0.29) is 18.3 Å². The van der Waals surface area contributed by atoms with E-state index in [1.54, 1.807) is 12.1 Å². The van der Waals surface area contributed by atoms with Gasteiger partial charge in [-0.25, -0.2) is 4.79 Å². The molecule has 0 bridgehead atoms. The molecule has 2 rings (SSSR count). The summed E-state index contributed by atoms with van der Waals surface area (Å²) in [5.41, 5.74) is 7.07. The molecule has 1 aliphatic heterocycles. The van der Waals surface area contributed by atoms with Gasteiger partial charge in [-0.1, -0.05) is 18.2 Å². The second-order valence-corrected chi connectivity index (χ2v) is 3.95. The highest BCUT2D eigenvalue weighted by molar-refractivity contribution is 5.87. The van der Waals surface area contributed by atoms with Crippen molar-refractivity contribution in [3.63, 3.8) is 0 Å². The van der Waals surface area contributed by atoms with Gasteiger partial charge in [0.25, 0.3) is 0 Å².